The van der Waals surface area contributed by atoms with Crippen molar-refractivity contribution in [3.8, 4) is 11.5 Å². The molecule has 144 valence electrons. The number of carbonyl (C=O) groups is 1. The van der Waals surface area contributed by atoms with Gasteiger partial charge in [0.1, 0.15) is 0 Å². The van der Waals surface area contributed by atoms with Crippen LogP contribution in [0.25, 0.3) is 0 Å². The Kier molecular flexibility index (Phi) is 5.75. The molecular weight excluding hydrogens is 351 g/mol. The molecule has 1 aromatic rings. The minimum Gasteiger partial charge on any atom is -0.454 e. The first-order chi connectivity index (χ1) is 12.4. The van der Waals surface area contributed by atoms with E-state index < -0.39 is 12.7 Å². The van der Waals surface area contributed by atoms with Crippen LogP contribution in [0.4, 0.5) is 18.0 Å². The predicted octanol–water partition coefficient (Wildman–Crippen LogP) is 2.24. The molecule has 0 spiro atoms. The molecule has 0 unspecified atom stereocenters. The maximum absolute atomic E-state index is 12.5. The highest BCUT2D eigenvalue weighted by Crippen LogP contribution is 2.32. The molecule has 9 heteroatoms. The van der Waals surface area contributed by atoms with Gasteiger partial charge < -0.3 is 19.7 Å². The van der Waals surface area contributed by atoms with Crippen LogP contribution >= 0.6 is 0 Å². The van der Waals surface area contributed by atoms with E-state index in [4.69, 9.17) is 9.47 Å². The van der Waals surface area contributed by atoms with Crippen LogP contribution in [0.1, 0.15) is 12.0 Å². The summed E-state index contributed by atoms with van der Waals surface area (Å²) < 4.78 is 48.0. The second-order valence-corrected chi connectivity index (χ2v) is 6.40. The lowest BCUT2D eigenvalue weighted by molar-refractivity contribution is -0.145. The number of fused-ring (bicyclic) bond motifs is 1. The van der Waals surface area contributed by atoms with E-state index in [0.717, 1.165) is 5.56 Å². The first-order valence-corrected chi connectivity index (χ1v) is 8.61. The molecule has 0 radical (unpaired) electrons. The molecule has 0 aliphatic carbocycles. The van der Waals surface area contributed by atoms with E-state index in [2.05, 4.69) is 5.32 Å². The van der Waals surface area contributed by atoms with Crippen molar-refractivity contribution < 1.29 is 27.4 Å². The number of hydrogen-bond acceptors (Lipinski definition) is 4. The zero-order valence-corrected chi connectivity index (χ0v) is 14.3. The summed E-state index contributed by atoms with van der Waals surface area (Å²) in [6.07, 6.45) is -3.04. The molecule has 3 rings (SSSR count). The van der Waals surface area contributed by atoms with Gasteiger partial charge >= 0.3 is 12.2 Å². The third-order valence-corrected chi connectivity index (χ3v) is 4.41. The van der Waals surface area contributed by atoms with E-state index in [-0.39, 0.29) is 19.4 Å². The molecular formula is C17H22F3N3O3. The van der Waals surface area contributed by atoms with Crippen molar-refractivity contribution in [1.29, 1.82) is 0 Å². The van der Waals surface area contributed by atoms with Gasteiger partial charge in [-0.2, -0.15) is 13.2 Å². The molecule has 2 heterocycles. The monoisotopic (exact) mass is 373 g/mol. The van der Waals surface area contributed by atoms with Crippen LogP contribution < -0.4 is 14.8 Å². The second kappa shape index (κ2) is 8.03. The molecule has 0 aromatic heterocycles. The van der Waals surface area contributed by atoms with Crippen LogP contribution in [0.15, 0.2) is 18.2 Å². The molecule has 2 aliphatic rings. The summed E-state index contributed by atoms with van der Waals surface area (Å²) in [5.74, 6) is 1.41. The fourth-order valence-corrected chi connectivity index (χ4v) is 3.11. The molecule has 26 heavy (non-hydrogen) atoms. The Morgan fingerprint density at radius 1 is 1.12 bits per heavy atom. The molecule has 0 bridgehead atoms. The summed E-state index contributed by atoms with van der Waals surface area (Å²) in [7, 11) is 0. The first-order valence-electron chi connectivity index (χ1n) is 8.61. The van der Waals surface area contributed by atoms with Gasteiger partial charge in [-0.15, -0.1) is 0 Å². The number of rotatable bonds is 4. The van der Waals surface area contributed by atoms with Crippen molar-refractivity contribution in [3.63, 3.8) is 0 Å². The number of ether oxygens (including phenoxy) is 2. The van der Waals surface area contributed by atoms with Crippen LogP contribution in [0, 0.1) is 0 Å². The van der Waals surface area contributed by atoms with Gasteiger partial charge in [0.15, 0.2) is 11.5 Å². The normalized spacial score (nSPS) is 17.9. The Balaban J connectivity index is 1.42. The van der Waals surface area contributed by atoms with Gasteiger partial charge in [-0.05, 0) is 30.5 Å². The van der Waals surface area contributed by atoms with Crippen molar-refractivity contribution in [2.45, 2.75) is 19.0 Å². The summed E-state index contributed by atoms with van der Waals surface area (Å²) in [5, 5.41) is 2.83. The summed E-state index contributed by atoms with van der Waals surface area (Å²) in [6.45, 7) is 1.08. The number of urea groups is 1. The Hall–Kier alpha value is -2.16. The van der Waals surface area contributed by atoms with E-state index in [9.17, 15) is 18.0 Å². The minimum absolute atomic E-state index is 0.218. The topological polar surface area (TPSA) is 54.0 Å². The SMILES string of the molecule is O=C(NCCc1ccc2c(c1)OCO2)N1CCCN(CC(F)(F)F)CC1. The van der Waals surface area contributed by atoms with Crippen molar-refractivity contribution >= 4 is 6.03 Å². The van der Waals surface area contributed by atoms with Crippen LogP contribution in [-0.2, 0) is 6.42 Å². The fraction of sp³-hybridized carbons (Fsp3) is 0.588. The van der Waals surface area contributed by atoms with Gasteiger partial charge in [-0.1, -0.05) is 6.07 Å². The van der Waals surface area contributed by atoms with Gasteiger partial charge in [-0.3, -0.25) is 4.90 Å². The summed E-state index contributed by atoms with van der Waals surface area (Å²) in [6, 6.07) is 5.40. The lowest BCUT2D eigenvalue weighted by atomic mass is 10.1. The summed E-state index contributed by atoms with van der Waals surface area (Å²) in [5.41, 5.74) is 1.02. The van der Waals surface area contributed by atoms with Gasteiger partial charge in [0.2, 0.25) is 6.79 Å². The van der Waals surface area contributed by atoms with Crippen molar-refractivity contribution in [2.24, 2.45) is 0 Å². The average Bonchev–Trinajstić information content (AvgIpc) is 2.92. The van der Waals surface area contributed by atoms with E-state index >= 15 is 0 Å². The van der Waals surface area contributed by atoms with E-state index in [1.807, 2.05) is 18.2 Å². The molecule has 2 amide bonds. The molecule has 2 aliphatic heterocycles. The van der Waals surface area contributed by atoms with Crippen molar-refractivity contribution in [1.82, 2.24) is 15.1 Å². The second-order valence-electron chi connectivity index (χ2n) is 6.40. The summed E-state index contributed by atoms with van der Waals surface area (Å²) >= 11 is 0. The lowest BCUT2D eigenvalue weighted by Crippen LogP contribution is -2.43. The number of amides is 2. The Morgan fingerprint density at radius 3 is 2.73 bits per heavy atom. The summed E-state index contributed by atoms with van der Waals surface area (Å²) in [4.78, 5) is 15.2. The van der Waals surface area contributed by atoms with Gasteiger partial charge in [0, 0.05) is 32.7 Å². The van der Waals surface area contributed by atoms with Crippen LogP contribution in [0.5, 0.6) is 11.5 Å². The Morgan fingerprint density at radius 2 is 1.92 bits per heavy atom. The quantitative estimate of drug-likeness (QED) is 0.880. The zero-order chi connectivity index (χ0) is 18.6. The van der Waals surface area contributed by atoms with E-state index in [0.29, 0.717) is 50.5 Å². The number of halogens is 3. The van der Waals surface area contributed by atoms with Crippen LogP contribution in [0.2, 0.25) is 0 Å². The van der Waals surface area contributed by atoms with Gasteiger partial charge in [-0.25, -0.2) is 4.79 Å². The van der Waals surface area contributed by atoms with Gasteiger partial charge in [0.05, 0.1) is 6.54 Å². The van der Waals surface area contributed by atoms with E-state index in [1.165, 1.54) is 4.90 Å². The zero-order valence-electron chi connectivity index (χ0n) is 14.3. The highest BCUT2D eigenvalue weighted by Gasteiger charge is 2.31. The fourth-order valence-electron chi connectivity index (χ4n) is 3.11. The maximum Gasteiger partial charge on any atom is 0.401 e. The number of hydrogen-bond donors (Lipinski definition) is 1. The van der Waals surface area contributed by atoms with Crippen molar-refractivity contribution in [3.05, 3.63) is 23.8 Å². The van der Waals surface area contributed by atoms with E-state index in [1.54, 1.807) is 4.90 Å². The predicted molar refractivity (Wildman–Crippen MR) is 88.4 cm³/mol. The molecule has 0 saturated carbocycles. The molecule has 1 fully saturated rings. The highest BCUT2D eigenvalue weighted by atomic mass is 19.4. The molecule has 1 saturated heterocycles. The minimum atomic E-state index is -4.21. The lowest BCUT2D eigenvalue weighted by Gasteiger charge is -2.23. The van der Waals surface area contributed by atoms with Gasteiger partial charge in [0.25, 0.3) is 0 Å². The third-order valence-electron chi connectivity index (χ3n) is 4.41. The van der Waals surface area contributed by atoms with Crippen LogP contribution in [0.3, 0.4) is 0 Å². The molecule has 6 nitrogen and oxygen atoms in total. The largest absolute Gasteiger partial charge is 0.454 e. The number of carbonyl (C=O) groups excluding carboxylic acids is 1. The molecule has 1 aromatic carbocycles. The standard InChI is InChI=1S/C17H22F3N3O3/c18-17(19,20)11-22-6-1-7-23(9-8-22)16(24)21-5-4-13-2-3-14-15(10-13)26-12-25-14/h2-3,10H,1,4-9,11-12H2,(H,21,24). The number of benzene rings is 1. The maximum atomic E-state index is 12.5. The smallest absolute Gasteiger partial charge is 0.401 e. The van der Waals surface area contributed by atoms with Crippen molar-refractivity contribution in [2.75, 3.05) is 46.1 Å². The first kappa shape index (κ1) is 18.6. The highest BCUT2D eigenvalue weighted by molar-refractivity contribution is 5.74. The Bertz CT molecular complexity index is 639. The average molecular weight is 373 g/mol. The number of nitrogens with one attached hydrogen (secondary N) is 1. The molecule has 0 atom stereocenters. The molecule has 1 N–H and O–H groups in total. The number of nitrogens with zero attached hydrogens (tertiary/aromatic N) is 2. The number of alkyl halides is 3. The Labute approximate surface area is 149 Å². The third kappa shape index (κ3) is 5.17. The van der Waals surface area contributed by atoms with Crippen LogP contribution in [-0.4, -0.2) is 68.1 Å².